The van der Waals surface area contributed by atoms with Crippen LogP contribution in [0, 0.1) is 5.92 Å². The van der Waals surface area contributed by atoms with Crippen molar-refractivity contribution in [2.75, 3.05) is 18.4 Å². The van der Waals surface area contributed by atoms with Gasteiger partial charge in [-0.05, 0) is 49.7 Å². The molecule has 3 aromatic rings. The number of hydrogen-bond acceptors (Lipinski definition) is 3. The lowest BCUT2D eigenvalue weighted by molar-refractivity contribution is -0.121. The lowest BCUT2D eigenvalue weighted by atomic mass is 9.95. The maximum Gasteiger partial charge on any atom is 0.227 e. The molecule has 1 fully saturated rings. The summed E-state index contributed by atoms with van der Waals surface area (Å²) in [6.07, 6.45) is 3.60. The molecule has 5 nitrogen and oxygen atoms in total. The van der Waals surface area contributed by atoms with Crippen molar-refractivity contribution in [1.29, 1.82) is 0 Å². The number of nitrogens with one attached hydrogen (secondary N) is 2. The van der Waals surface area contributed by atoms with Gasteiger partial charge in [-0.2, -0.15) is 5.10 Å². The quantitative estimate of drug-likeness (QED) is 0.768. The Morgan fingerprint density at radius 1 is 1.16 bits per heavy atom. The average molecular weight is 334 g/mol. The van der Waals surface area contributed by atoms with Gasteiger partial charge < -0.3 is 5.32 Å². The first kappa shape index (κ1) is 15.8. The van der Waals surface area contributed by atoms with E-state index in [2.05, 4.69) is 44.7 Å². The number of likely N-dealkylation sites (tertiary alicyclic amines) is 1. The summed E-state index contributed by atoms with van der Waals surface area (Å²) in [5.74, 6) is 0.211. The lowest BCUT2D eigenvalue weighted by Crippen LogP contribution is -2.37. The largest absolute Gasteiger partial charge is 0.326 e. The second kappa shape index (κ2) is 7.07. The molecule has 0 saturated carbocycles. The highest BCUT2D eigenvalue weighted by Gasteiger charge is 2.25. The van der Waals surface area contributed by atoms with Crippen LogP contribution >= 0.6 is 0 Å². The normalized spacial score (nSPS) is 16.2. The Hall–Kier alpha value is -2.66. The number of piperidine rings is 1. The van der Waals surface area contributed by atoms with Crippen LogP contribution in [0.25, 0.3) is 10.9 Å². The third-order valence-corrected chi connectivity index (χ3v) is 4.92. The van der Waals surface area contributed by atoms with Gasteiger partial charge in [-0.1, -0.05) is 30.3 Å². The van der Waals surface area contributed by atoms with E-state index in [9.17, 15) is 4.79 Å². The van der Waals surface area contributed by atoms with E-state index in [1.807, 2.05) is 24.3 Å². The highest BCUT2D eigenvalue weighted by Crippen LogP contribution is 2.22. The van der Waals surface area contributed by atoms with Crippen molar-refractivity contribution in [3.8, 4) is 0 Å². The maximum absolute atomic E-state index is 12.6. The molecule has 4 rings (SSSR count). The molecule has 1 amide bonds. The van der Waals surface area contributed by atoms with Crippen LogP contribution in [-0.2, 0) is 11.3 Å². The van der Waals surface area contributed by atoms with Gasteiger partial charge in [0, 0.05) is 23.5 Å². The molecular formula is C20H22N4O. The fourth-order valence-electron chi connectivity index (χ4n) is 3.45. The molecule has 0 bridgehead atoms. The van der Waals surface area contributed by atoms with Crippen molar-refractivity contribution in [3.05, 3.63) is 60.3 Å². The molecule has 25 heavy (non-hydrogen) atoms. The molecule has 1 aliphatic rings. The van der Waals surface area contributed by atoms with Gasteiger partial charge in [-0.3, -0.25) is 14.8 Å². The zero-order chi connectivity index (χ0) is 17.1. The van der Waals surface area contributed by atoms with E-state index in [4.69, 9.17) is 0 Å². The van der Waals surface area contributed by atoms with E-state index in [0.29, 0.717) is 0 Å². The Labute approximate surface area is 147 Å². The number of fused-ring (bicyclic) bond motifs is 1. The highest BCUT2D eigenvalue weighted by atomic mass is 16.1. The highest BCUT2D eigenvalue weighted by molar-refractivity contribution is 5.94. The third kappa shape index (κ3) is 3.72. The van der Waals surface area contributed by atoms with E-state index < -0.39 is 0 Å². The number of amides is 1. The maximum atomic E-state index is 12.6. The first-order valence-corrected chi connectivity index (χ1v) is 8.78. The molecule has 0 spiro atoms. The average Bonchev–Trinajstić information content (AvgIpc) is 3.11. The molecule has 128 valence electrons. The third-order valence-electron chi connectivity index (χ3n) is 4.92. The number of aromatic amines is 1. The number of aromatic nitrogens is 2. The standard InChI is InChI=1S/C20H22N4O/c25-20(22-18-7-6-17-13-21-23-19(17)12-18)16-8-10-24(11-9-16)14-15-4-2-1-3-5-15/h1-7,12-13,16H,8-11,14H2,(H,21,23)(H,22,25). The van der Waals surface area contributed by atoms with Crippen molar-refractivity contribution >= 4 is 22.5 Å². The molecule has 2 heterocycles. The summed E-state index contributed by atoms with van der Waals surface area (Å²) in [6, 6.07) is 16.3. The first-order valence-electron chi connectivity index (χ1n) is 8.78. The van der Waals surface area contributed by atoms with Crippen molar-refractivity contribution < 1.29 is 4.79 Å². The summed E-state index contributed by atoms with van der Waals surface area (Å²) in [5.41, 5.74) is 3.10. The second-order valence-electron chi connectivity index (χ2n) is 6.70. The minimum absolute atomic E-state index is 0.0875. The number of anilines is 1. The van der Waals surface area contributed by atoms with E-state index in [0.717, 1.165) is 49.1 Å². The van der Waals surface area contributed by atoms with Gasteiger partial charge in [0.15, 0.2) is 0 Å². The molecule has 0 aliphatic carbocycles. The number of nitrogens with zero attached hydrogens (tertiary/aromatic N) is 2. The predicted octanol–water partition coefficient (Wildman–Crippen LogP) is 3.41. The van der Waals surface area contributed by atoms with Crippen LogP contribution in [-0.4, -0.2) is 34.1 Å². The number of carbonyl (C=O) groups is 1. The predicted molar refractivity (Wildman–Crippen MR) is 99.2 cm³/mol. The molecular weight excluding hydrogens is 312 g/mol. The van der Waals surface area contributed by atoms with Crippen LogP contribution in [0.1, 0.15) is 18.4 Å². The first-order chi connectivity index (χ1) is 12.3. The van der Waals surface area contributed by atoms with Crippen LogP contribution in [0.3, 0.4) is 0 Å². The van der Waals surface area contributed by atoms with Crippen molar-refractivity contribution in [3.63, 3.8) is 0 Å². The summed E-state index contributed by atoms with van der Waals surface area (Å²) in [7, 11) is 0. The van der Waals surface area contributed by atoms with Gasteiger partial charge in [-0.15, -0.1) is 0 Å². The fourth-order valence-corrected chi connectivity index (χ4v) is 3.45. The number of rotatable bonds is 4. The Balaban J connectivity index is 1.31. The smallest absolute Gasteiger partial charge is 0.227 e. The van der Waals surface area contributed by atoms with Crippen molar-refractivity contribution in [2.45, 2.75) is 19.4 Å². The van der Waals surface area contributed by atoms with Crippen molar-refractivity contribution in [2.24, 2.45) is 5.92 Å². The SMILES string of the molecule is O=C(Nc1ccc2cn[nH]c2c1)C1CCN(Cc2ccccc2)CC1. The summed E-state index contributed by atoms with van der Waals surface area (Å²) in [6.45, 7) is 2.89. The molecule has 1 aromatic heterocycles. The molecule has 5 heteroatoms. The molecule has 0 radical (unpaired) electrons. The van der Waals surface area contributed by atoms with Gasteiger partial charge in [0.2, 0.25) is 5.91 Å². The summed E-state index contributed by atoms with van der Waals surface area (Å²) < 4.78 is 0. The molecule has 0 atom stereocenters. The van der Waals surface area contributed by atoms with Gasteiger partial charge in [0.05, 0.1) is 11.7 Å². The Bertz CT molecular complexity index is 850. The summed E-state index contributed by atoms with van der Waals surface area (Å²) in [5, 5.41) is 11.0. The van der Waals surface area contributed by atoms with Crippen LogP contribution in [0.5, 0.6) is 0 Å². The number of carbonyl (C=O) groups excluding carboxylic acids is 1. The second-order valence-corrected chi connectivity index (χ2v) is 6.70. The summed E-state index contributed by atoms with van der Waals surface area (Å²) in [4.78, 5) is 15.0. The van der Waals surface area contributed by atoms with Crippen molar-refractivity contribution in [1.82, 2.24) is 15.1 Å². The molecule has 1 saturated heterocycles. The van der Waals surface area contributed by atoms with Crippen LogP contribution < -0.4 is 5.32 Å². The molecule has 2 N–H and O–H groups in total. The number of hydrogen-bond donors (Lipinski definition) is 2. The summed E-state index contributed by atoms with van der Waals surface area (Å²) >= 11 is 0. The molecule has 1 aliphatic heterocycles. The molecule has 0 unspecified atom stereocenters. The fraction of sp³-hybridized carbons (Fsp3) is 0.300. The minimum Gasteiger partial charge on any atom is -0.326 e. The van der Waals surface area contributed by atoms with Gasteiger partial charge in [-0.25, -0.2) is 0 Å². The Kier molecular flexibility index (Phi) is 4.48. The van der Waals surface area contributed by atoms with Gasteiger partial charge in [0.25, 0.3) is 0 Å². The van der Waals surface area contributed by atoms with Crippen LogP contribution in [0.4, 0.5) is 5.69 Å². The zero-order valence-electron chi connectivity index (χ0n) is 14.1. The zero-order valence-corrected chi connectivity index (χ0v) is 14.1. The van der Waals surface area contributed by atoms with Gasteiger partial charge in [0.1, 0.15) is 0 Å². The Morgan fingerprint density at radius 2 is 1.96 bits per heavy atom. The van der Waals surface area contributed by atoms with Gasteiger partial charge >= 0.3 is 0 Å². The number of benzene rings is 2. The van der Waals surface area contributed by atoms with Crippen LogP contribution in [0.2, 0.25) is 0 Å². The monoisotopic (exact) mass is 334 g/mol. The minimum atomic E-state index is 0.0875. The van der Waals surface area contributed by atoms with E-state index in [1.165, 1.54) is 5.56 Å². The van der Waals surface area contributed by atoms with E-state index >= 15 is 0 Å². The lowest BCUT2D eigenvalue weighted by Gasteiger charge is -2.31. The number of H-pyrrole nitrogens is 1. The van der Waals surface area contributed by atoms with E-state index in [1.54, 1.807) is 6.20 Å². The van der Waals surface area contributed by atoms with Crippen LogP contribution in [0.15, 0.2) is 54.7 Å². The topological polar surface area (TPSA) is 61.0 Å². The van der Waals surface area contributed by atoms with E-state index in [-0.39, 0.29) is 11.8 Å². The molecule has 2 aromatic carbocycles. The Morgan fingerprint density at radius 3 is 2.76 bits per heavy atom.